The summed E-state index contributed by atoms with van der Waals surface area (Å²) in [6.07, 6.45) is 1.91. The predicted octanol–water partition coefficient (Wildman–Crippen LogP) is 7.94. The SMILES string of the molecule is Cc1ccc(N(c2ccc(C)cc2)c2ncc(-c3c4c(c(C)c5nsnc35)N=S=N4)s2)cc1. The minimum Gasteiger partial charge on any atom is -0.286 e. The molecule has 6 rings (SSSR count). The van der Waals surface area contributed by atoms with E-state index in [4.69, 9.17) is 4.98 Å². The molecule has 162 valence electrons. The van der Waals surface area contributed by atoms with Crippen LogP contribution in [0.2, 0.25) is 0 Å². The van der Waals surface area contributed by atoms with Crippen molar-refractivity contribution in [2.24, 2.45) is 8.73 Å². The Morgan fingerprint density at radius 3 is 2.00 bits per heavy atom. The van der Waals surface area contributed by atoms with Crippen molar-refractivity contribution in [3.8, 4) is 10.4 Å². The number of hydrogen-bond donors (Lipinski definition) is 0. The molecule has 33 heavy (non-hydrogen) atoms. The summed E-state index contributed by atoms with van der Waals surface area (Å²) in [5, 5.41) is 0.881. The van der Waals surface area contributed by atoms with Crippen molar-refractivity contribution in [1.82, 2.24) is 13.7 Å². The number of aromatic nitrogens is 3. The maximum atomic E-state index is 4.85. The predicted molar refractivity (Wildman–Crippen MR) is 139 cm³/mol. The van der Waals surface area contributed by atoms with Crippen molar-refractivity contribution in [2.45, 2.75) is 20.8 Å². The van der Waals surface area contributed by atoms with E-state index in [1.54, 1.807) is 11.3 Å². The van der Waals surface area contributed by atoms with Crippen LogP contribution in [0.4, 0.5) is 27.9 Å². The second-order valence-electron chi connectivity index (χ2n) is 7.94. The van der Waals surface area contributed by atoms with Gasteiger partial charge in [0.1, 0.15) is 22.4 Å². The van der Waals surface area contributed by atoms with Gasteiger partial charge in [0.25, 0.3) is 0 Å². The Morgan fingerprint density at radius 2 is 1.33 bits per heavy atom. The normalized spacial score (nSPS) is 12.2. The molecular weight excluding hydrogens is 469 g/mol. The first-order valence-corrected chi connectivity index (χ1v) is 12.6. The Morgan fingerprint density at radius 1 is 0.727 bits per heavy atom. The monoisotopic (exact) mass is 486 g/mol. The second kappa shape index (κ2) is 7.95. The van der Waals surface area contributed by atoms with Gasteiger partial charge in [0.2, 0.25) is 0 Å². The zero-order valence-electron chi connectivity index (χ0n) is 18.1. The van der Waals surface area contributed by atoms with Crippen LogP contribution in [0.1, 0.15) is 16.7 Å². The Bertz CT molecular complexity index is 1530. The molecule has 3 heterocycles. The van der Waals surface area contributed by atoms with Gasteiger partial charge < -0.3 is 0 Å². The molecule has 0 spiro atoms. The van der Waals surface area contributed by atoms with Gasteiger partial charge in [-0.15, -0.1) is 0 Å². The largest absolute Gasteiger partial charge is 0.286 e. The average Bonchev–Trinajstić information content (AvgIpc) is 3.58. The van der Waals surface area contributed by atoms with Crippen molar-refractivity contribution < 1.29 is 0 Å². The fourth-order valence-corrected chi connectivity index (χ4v) is 6.11. The minimum absolute atomic E-state index is 0.866. The lowest BCUT2D eigenvalue weighted by molar-refractivity contribution is 1.22. The van der Waals surface area contributed by atoms with Gasteiger partial charge in [-0.05, 0) is 45.0 Å². The number of benzene rings is 3. The minimum atomic E-state index is 0.866. The van der Waals surface area contributed by atoms with E-state index in [0.29, 0.717) is 0 Å². The first kappa shape index (κ1) is 20.3. The standard InChI is InChI=1S/C24H18N6S3/c1-13-4-8-16(9-5-13)30(17-10-6-14(2)7-11-17)24-25-12-18(31-24)19-22-20(26-32-28-22)15(3)21-23(19)29-33-27-21/h4-12H,1-3H3. The van der Waals surface area contributed by atoms with Crippen LogP contribution < -0.4 is 4.90 Å². The molecule has 0 aliphatic carbocycles. The van der Waals surface area contributed by atoms with Gasteiger partial charge in [0.05, 0.1) is 33.5 Å². The highest BCUT2D eigenvalue weighted by atomic mass is 32.1. The molecule has 0 saturated heterocycles. The molecule has 6 nitrogen and oxygen atoms in total. The summed E-state index contributed by atoms with van der Waals surface area (Å²) >= 11 is 4.07. The number of fused-ring (bicyclic) bond motifs is 2. The number of thiazole rings is 1. The van der Waals surface area contributed by atoms with E-state index < -0.39 is 0 Å². The van der Waals surface area contributed by atoms with Gasteiger partial charge in [0, 0.05) is 23.1 Å². The van der Waals surface area contributed by atoms with Crippen molar-refractivity contribution >= 4 is 73.3 Å². The van der Waals surface area contributed by atoms with E-state index in [9.17, 15) is 0 Å². The molecular formula is C24H18N6S3. The highest BCUT2D eigenvalue weighted by Gasteiger charge is 2.25. The van der Waals surface area contributed by atoms with Crippen molar-refractivity contribution in [3.63, 3.8) is 0 Å². The maximum Gasteiger partial charge on any atom is 0.195 e. The van der Waals surface area contributed by atoms with E-state index in [-0.39, 0.29) is 0 Å². The summed E-state index contributed by atoms with van der Waals surface area (Å²) < 4.78 is 18.3. The van der Waals surface area contributed by atoms with Gasteiger partial charge in [-0.2, -0.15) is 17.5 Å². The molecule has 0 fully saturated rings. The third kappa shape index (κ3) is 3.40. The first-order valence-electron chi connectivity index (χ1n) is 10.4. The van der Waals surface area contributed by atoms with Gasteiger partial charge in [-0.1, -0.05) is 46.7 Å². The van der Waals surface area contributed by atoms with Crippen LogP contribution in [0.25, 0.3) is 21.5 Å². The first-order chi connectivity index (χ1) is 16.1. The fraction of sp³-hybridized carbons (Fsp3) is 0.125. The topological polar surface area (TPSA) is 66.6 Å². The maximum absolute atomic E-state index is 4.85. The lowest BCUT2D eigenvalue weighted by Gasteiger charge is -2.22. The van der Waals surface area contributed by atoms with Crippen LogP contribution in [0, 0.1) is 20.8 Å². The van der Waals surface area contributed by atoms with Crippen LogP contribution in [0.5, 0.6) is 0 Å². The van der Waals surface area contributed by atoms with E-state index in [0.717, 1.165) is 54.9 Å². The van der Waals surface area contributed by atoms with Gasteiger partial charge in [0.15, 0.2) is 5.13 Å². The van der Waals surface area contributed by atoms with Gasteiger partial charge in [-0.3, -0.25) is 4.90 Å². The number of hydrogen-bond acceptors (Lipinski definition) is 8. The number of nitrogens with zero attached hydrogens (tertiary/aromatic N) is 6. The zero-order chi connectivity index (χ0) is 22.5. The Labute approximate surface area is 202 Å². The molecule has 2 aromatic heterocycles. The molecule has 0 saturated carbocycles. The third-order valence-electron chi connectivity index (χ3n) is 5.68. The van der Waals surface area contributed by atoms with Crippen LogP contribution in [-0.2, 0) is 11.4 Å². The van der Waals surface area contributed by atoms with Crippen LogP contribution in [0.3, 0.4) is 0 Å². The van der Waals surface area contributed by atoms with E-state index in [1.165, 1.54) is 34.2 Å². The van der Waals surface area contributed by atoms with Crippen molar-refractivity contribution in [3.05, 3.63) is 71.4 Å². The molecule has 1 aliphatic rings. The van der Waals surface area contributed by atoms with E-state index in [1.807, 2.05) is 13.1 Å². The Hall–Kier alpha value is -3.27. The summed E-state index contributed by atoms with van der Waals surface area (Å²) in [7, 11) is 0. The quantitative estimate of drug-likeness (QED) is 0.254. The molecule has 1 aliphatic heterocycles. The smallest absolute Gasteiger partial charge is 0.195 e. The number of rotatable bonds is 4. The summed E-state index contributed by atoms with van der Waals surface area (Å²) in [6.45, 7) is 6.23. The van der Waals surface area contributed by atoms with Crippen LogP contribution in [0.15, 0.2) is 63.5 Å². The highest BCUT2D eigenvalue weighted by Crippen LogP contribution is 2.50. The fourth-order valence-electron chi connectivity index (χ4n) is 3.90. The van der Waals surface area contributed by atoms with E-state index in [2.05, 4.69) is 84.8 Å². The molecule has 0 atom stereocenters. The van der Waals surface area contributed by atoms with E-state index >= 15 is 0 Å². The zero-order valence-corrected chi connectivity index (χ0v) is 20.6. The molecule has 5 aromatic rings. The highest BCUT2D eigenvalue weighted by molar-refractivity contribution is 7.58. The van der Waals surface area contributed by atoms with Crippen molar-refractivity contribution in [1.29, 1.82) is 0 Å². The third-order valence-corrected chi connectivity index (χ3v) is 7.73. The summed E-state index contributed by atoms with van der Waals surface area (Å²) in [5.41, 5.74) is 10.1. The molecule has 0 bridgehead atoms. The molecule has 9 heteroatoms. The van der Waals surface area contributed by atoms with Crippen LogP contribution in [-0.4, -0.2) is 13.7 Å². The molecule has 0 unspecified atom stereocenters. The lowest BCUT2D eigenvalue weighted by Crippen LogP contribution is -2.09. The van der Waals surface area contributed by atoms with Crippen molar-refractivity contribution in [2.75, 3.05) is 4.90 Å². The molecule has 0 amide bonds. The molecule has 0 radical (unpaired) electrons. The Kier molecular flexibility index (Phi) is 4.90. The second-order valence-corrected chi connectivity index (χ2v) is 10.0. The summed E-state index contributed by atoms with van der Waals surface area (Å²) in [6, 6.07) is 17.0. The molecule has 3 aromatic carbocycles. The average molecular weight is 487 g/mol. The summed E-state index contributed by atoms with van der Waals surface area (Å²) in [4.78, 5) is 8.04. The van der Waals surface area contributed by atoms with Gasteiger partial charge >= 0.3 is 0 Å². The van der Waals surface area contributed by atoms with Crippen LogP contribution >= 0.6 is 23.1 Å². The number of anilines is 3. The van der Waals surface area contributed by atoms with Gasteiger partial charge in [-0.25, -0.2) is 4.98 Å². The Balaban J connectivity index is 1.53. The lowest BCUT2D eigenvalue weighted by atomic mass is 10.0. The summed E-state index contributed by atoms with van der Waals surface area (Å²) in [5.74, 6) is 0. The molecule has 0 N–H and O–H groups in total. The number of aryl methyl sites for hydroxylation is 3.